The summed E-state index contributed by atoms with van der Waals surface area (Å²) in [5.74, 6) is 0. The van der Waals surface area contributed by atoms with E-state index in [4.69, 9.17) is 9.57 Å². The fraction of sp³-hybridized carbons (Fsp3) is 0.250. The minimum Gasteiger partial charge on any atom is -0.443 e. The van der Waals surface area contributed by atoms with Crippen LogP contribution in [0.4, 0.5) is 4.79 Å². The van der Waals surface area contributed by atoms with Crippen molar-refractivity contribution < 1.29 is 14.4 Å². The molecule has 1 heterocycles. The molecule has 4 heteroatoms. The molecule has 0 N–H and O–H groups in total. The van der Waals surface area contributed by atoms with E-state index in [1.807, 2.05) is 42.5 Å². The summed E-state index contributed by atoms with van der Waals surface area (Å²) in [6, 6.07) is 9.55. The molecule has 2 rings (SSSR count). The second-order valence-electron chi connectivity index (χ2n) is 3.37. The Kier molecular flexibility index (Phi) is 3.56. The van der Waals surface area contributed by atoms with Gasteiger partial charge in [-0.2, -0.15) is 5.06 Å². The van der Waals surface area contributed by atoms with E-state index in [1.165, 1.54) is 5.06 Å². The lowest BCUT2D eigenvalue weighted by atomic mass is 10.2. The van der Waals surface area contributed by atoms with E-state index in [1.54, 1.807) is 0 Å². The zero-order valence-corrected chi connectivity index (χ0v) is 8.83. The largest absolute Gasteiger partial charge is 0.443 e. The van der Waals surface area contributed by atoms with Crippen molar-refractivity contribution in [3.8, 4) is 0 Å². The lowest BCUT2D eigenvalue weighted by molar-refractivity contribution is -0.125. The van der Waals surface area contributed by atoms with Crippen LogP contribution in [0, 0.1) is 0 Å². The van der Waals surface area contributed by atoms with Crippen LogP contribution in [-0.2, 0) is 16.2 Å². The molecule has 0 aromatic heterocycles. The van der Waals surface area contributed by atoms with Gasteiger partial charge in [-0.3, -0.25) is 4.84 Å². The minimum atomic E-state index is -0.451. The highest BCUT2D eigenvalue weighted by atomic mass is 16.7. The van der Waals surface area contributed by atoms with Gasteiger partial charge in [-0.15, -0.1) is 0 Å². The van der Waals surface area contributed by atoms with E-state index in [2.05, 4.69) is 0 Å². The van der Waals surface area contributed by atoms with Gasteiger partial charge >= 0.3 is 6.09 Å². The highest BCUT2D eigenvalue weighted by Gasteiger charge is 2.16. The van der Waals surface area contributed by atoms with E-state index in [9.17, 15) is 4.79 Å². The molecule has 1 amide bonds. The number of hydroxylamine groups is 2. The van der Waals surface area contributed by atoms with Gasteiger partial charge in [0.1, 0.15) is 6.61 Å². The molecule has 4 nitrogen and oxygen atoms in total. The molecule has 1 aliphatic rings. The molecule has 0 saturated carbocycles. The molecule has 0 spiro atoms. The van der Waals surface area contributed by atoms with Crippen LogP contribution >= 0.6 is 0 Å². The van der Waals surface area contributed by atoms with Crippen LogP contribution in [0.25, 0.3) is 0 Å². The van der Waals surface area contributed by atoms with Gasteiger partial charge in [0.05, 0.1) is 13.2 Å². The normalized spacial score (nSPS) is 14.9. The first-order chi connectivity index (χ1) is 7.86. The maximum absolute atomic E-state index is 11.5. The number of benzene rings is 1. The maximum Gasteiger partial charge on any atom is 0.434 e. The number of ether oxygens (including phenoxy) is 1. The summed E-state index contributed by atoms with van der Waals surface area (Å²) in [6.45, 7) is 1.12. The van der Waals surface area contributed by atoms with Gasteiger partial charge in [-0.1, -0.05) is 42.5 Å². The first-order valence-corrected chi connectivity index (χ1v) is 5.12. The summed E-state index contributed by atoms with van der Waals surface area (Å²) in [6.07, 6.45) is 3.28. The van der Waals surface area contributed by atoms with Crippen LogP contribution in [0.3, 0.4) is 0 Å². The molecular formula is C12H13NO3. The van der Waals surface area contributed by atoms with Crippen molar-refractivity contribution in [2.24, 2.45) is 0 Å². The quantitative estimate of drug-likeness (QED) is 0.715. The van der Waals surface area contributed by atoms with Gasteiger partial charge in [-0.05, 0) is 5.56 Å². The van der Waals surface area contributed by atoms with Gasteiger partial charge in [0.25, 0.3) is 0 Å². The van der Waals surface area contributed by atoms with Gasteiger partial charge < -0.3 is 4.74 Å². The summed E-state index contributed by atoms with van der Waals surface area (Å²) in [5, 5.41) is 1.21. The Morgan fingerprint density at radius 2 is 2.12 bits per heavy atom. The van der Waals surface area contributed by atoms with Crippen molar-refractivity contribution in [1.29, 1.82) is 0 Å². The third-order valence-electron chi connectivity index (χ3n) is 2.17. The third-order valence-corrected chi connectivity index (χ3v) is 2.17. The van der Waals surface area contributed by atoms with Crippen molar-refractivity contribution in [1.82, 2.24) is 5.06 Å². The molecule has 0 atom stereocenters. The van der Waals surface area contributed by atoms with Gasteiger partial charge in [-0.25, -0.2) is 4.79 Å². The molecule has 0 bridgehead atoms. The molecule has 0 saturated heterocycles. The van der Waals surface area contributed by atoms with Crippen LogP contribution in [0.2, 0.25) is 0 Å². The van der Waals surface area contributed by atoms with Gasteiger partial charge in [0, 0.05) is 0 Å². The van der Waals surface area contributed by atoms with E-state index < -0.39 is 6.09 Å². The maximum atomic E-state index is 11.5. The Hall–Kier alpha value is -1.81. The van der Waals surface area contributed by atoms with Crippen LogP contribution < -0.4 is 0 Å². The number of amides is 1. The first kappa shape index (κ1) is 10.7. The van der Waals surface area contributed by atoms with Gasteiger partial charge in [0.2, 0.25) is 0 Å². The van der Waals surface area contributed by atoms with Crippen LogP contribution in [-0.4, -0.2) is 24.3 Å². The first-order valence-electron chi connectivity index (χ1n) is 5.12. The Morgan fingerprint density at radius 1 is 1.31 bits per heavy atom. The van der Waals surface area contributed by atoms with Gasteiger partial charge in [0.15, 0.2) is 0 Å². The molecule has 0 fully saturated rings. The van der Waals surface area contributed by atoms with Crippen LogP contribution in [0.15, 0.2) is 42.5 Å². The topological polar surface area (TPSA) is 38.8 Å². The van der Waals surface area contributed by atoms with Crippen molar-refractivity contribution in [2.75, 3.05) is 13.2 Å². The smallest absolute Gasteiger partial charge is 0.434 e. The average Bonchev–Trinajstić information content (AvgIpc) is 2.38. The molecule has 0 unspecified atom stereocenters. The Balaban J connectivity index is 1.82. The Morgan fingerprint density at radius 3 is 2.81 bits per heavy atom. The lowest BCUT2D eigenvalue weighted by Gasteiger charge is -2.21. The highest BCUT2D eigenvalue weighted by molar-refractivity contribution is 5.66. The number of hydrogen-bond donors (Lipinski definition) is 0. The fourth-order valence-corrected chi connectivity index (χ4v) is 1.34. The van der Waals surface area contributed by atoms with E-state index in [0.717, 1.165) is 5.56 Å². The summed E-state index contributed by atoms with van der Waals surface area (Å²) in [5.41, 5.74) is 0.961. The monoisotopic (exact) mass is 219 g/mol. The summed E-state index contributed by atoms with van der Waals surface area (Å²) in [4.78, 5) is 16.6. The molecule has 84 valence electrons. The number of carbonyl (C=O) groups is 1. The van der Waals surface area contributed by atoms with Crippen molar-refractivity contribution in [2.45, 2.75) is 6.61 Å². The van der Waals surface area contributed by atoms with Crippen LogP contribution in [0.1, 0.15) is 5.56 Å². The van der Waals surface area contributed by atoms with E-state index in [0.29, 0.717) is 13.2 Å². The zero-order chi connectivity index (χ0) is 11.2. The predicted molar refractivity (Wildman–Crippen MR) is 58.4 cm³/mol. The summed E-state index contributed by atoms with van der Waals surface area (Å²) < 4.78 is 5.10. The molecule has 16 heavy (non-hydrogen) atoms. The fourth-order valence-electron chi connectivity index (χ4n) is 1.34. The van der Waals surface area contributed by atoms with E-state index in [-0.39, 0.29) is 6.61 Å². The molecule has 1 aromatic rings. The number of nitrogens with zero attached hydrogens (tertiary/aromatic N) is 1. The third kappa shape index (κ3) is 2.84. The molecule has 0 radical (unpaired) electrons. The molecule has 0 aliphatic carbocycles. The Labute approximate surface area is 94.0 Å². The molecule has 1 aromatic carbocycles. The predicted octanol–water partition coefficient (Wildman–Crippen LogP) is 2.13. The average molecular weight is 219 g/mol. The van der Waals surface area contributed by atoms with Crippen molar-refractivity contribution >= 4 is 6.09 Å². The lowest BCUT2D eigenvalue weighted by Crippen LogP contribution is -2.33. The minimum absolute atomic E-state index is 0.267. The number of carbonyl (C=O) groups excluding carboxylic acids is 1. The Bertz CT molecular complexity index is 375. The molecule has 1 aliphatic heterocycles. The molecular weight excluding hydrogens is 206 g/mol. The van der Waals surface area contributed by atoms with Crippen molar-refractivity contribution in [3.05, 3.63) is 48.0 Å². The number of rotatable bonds is 2. The standard InChI is InChI=1S/C12H13NO3/c14-12(13-8-4-5-9-16-13)15-10-11-6-2-1-3-7-11/h1-7H,8-10H2. The van der Waals surface area contributed by atoms with Crippen LogP contribution in [0.5, 0.6) is 0 Å². The second kappa shape index (κ2) is 5.32. The van der Waals surface area contributed by atoms with Crippen molar-refractivity contribution in [3.63, 3.8) is 0 Å². The SMILES string of the molecule is O=C(OCc1ccccc1)N1CC=CCO1. The second-order valence-corrected chi connectivity index (χ2v) is 3.37. The number of hydrogen-bond acceptors (Lipinski definition) is 3. The highest BCUT2D eigenvalue weighted by Crippen LogP contribution is 2.05. The summed E-state index contributed by atoms with van der Waals surface area (Å²) in [7, 11) is 0. The zero-order valence-electron chi connectivity index (χ0n) is 8.83. The summed E-state index contributed by atoms with van der Waals surface area (Å²) >= 11 is 0. The van der Waals surface area contributed by atoms with E-state index >= 15 is 0 Å².